The van der Waals surface area contributed by atoms with Crippen molar-refractivity contribution in [2.75, 3.05) is 18.4 Å². The number of halogens is 1. The Morgan fingerprint density at radius 2 is 1.89 bits per heavy atom. The van der Waals surface area contributed by atoms with E-state index in [2.05, 4.69) is 10.3 Å². The van der Waals surface area contributed by atoms with Gasteiger partial charge >= 0.3 is 0 Å². The van der Waals surface area contributed by atoms with Gasteiger partial charge in [-0.2, -0.15) is 4.99 Å². The third kappa shape index (κ3) is 3.58. The van der Waals surface area contributed by atoms with Crippen molar-refractivity contribution in [1.29, 1.82) is 0 Å². The van der Waals surface area contributed by atoms with Gasteiger partial charge in [-0.1, -0.05) is 11.6 Å². The lowest BCUT2D eigenvalue weighted by Crippen LogP contribution is -2.35. The van der Waals surface area contributed by atoms with E-state index >= 15 is 0 Å². The van der Waals surface area contributed by atoms with Crippen molar-refractivity contribution in [2.24, 2.45) is 10.7 Å². The molecule has 4 nitrogen and oxygen atoms in total. The number of thiocarbonyl (C=S) groups is 1. The van der Waals surface area contributed by atoms with Crippen molar-refractivity contribution in [2.45, 2.75) is 12.8 Å². The minimum Gasteiger partial charge on any atom is -0.369 e. The lowest BCUT2D eigenvalue weighted by atomic mass is 10.3. The number of rotatable bonds is 1. The van der Waals surface area contributed by atoms with Gasteiger partial charge in [-0.25, -0.2) is 0 Å². The predicted molar refractivity (Wildman–Crippen MR) is 80.1 cm³/mol. The van der Waals surface area contributed by atoms with Crippen LogP contribution in [0.25, 0.3) is 0 Å². The van der Waals surface area contributed by atoms with Crippen LogP contribution in [0.1, 0.15) is 12.8 Å². The highest BCUT2D eigenvalue weighted by Crippen LogP contribution is 2.13. The van der Waals surface area contributed by atoms with Crippen LogP contribution in [-0.2, 0) is 0 Å². The first-order valence-corrected chi connectivity index (χ1v) is 6.59. The monoisotopic (exact) mass is 282 g/mol. The zero-order chi connectivity index (χ0) is 13.0. The lowest BCUT2D eigenvalue weighted by molar-refractivity contribution is 0.514. The first kappa shape index (κ1) is 13.1. The Balaban J connectivity index is 1.95. The molecule has 1 aromatic carbocycles. The van der Waals surface area contributed by atoms with Crippen LogP contribution in [0.3, 0.4) is 0 Å². The van der Waals surface area contributed by atoms with Gasteiger partial charge in [-0.05, 0) is 49.3 Å². The maximum Gasteiger partial charge on any atom is 0.200 e. The highest BCUT2D eigenvalue weighted by molar-refractivity contribution is 7.80. The lowest BCUT2D eigenvalue weighted by Gasteiger charge is -2.16. The number of anilines is 1. The molecule has 3 N–H and O–H groups in total. The van der Waals surface area contributed by atoms with Crippen LogP contribution in [0.2, 0.25) is 5.02 Å². The van der Waals surface area contributed by atoms with E-state index in [-0.39, 0.29) is 0 Å². The first-order valence-electron chi connectivity index (χ1n) is 5.81. The molecule has 0 radical (unpaired) electrons. The van der Waals surface area contributed by atoms with Crippen molar-refractivity contribution in [3.05, 3.63) is 29.3 Å². The number of benzene rings is 1. The molecule has 0 saturated carbocycles. The Morgan fingerprint density at radius 3 is 2.50 bits per heavy atom. The number of nitrogens with two attached hydrogens (primary N) is 1. The van der Waals surface area contributed by atoms with Crippen molar-refractivity contribution in [3.8, 4) is 0 Å². The van der Waals surface area contributed by atoms with Gasteiger partial charge in [0.25, 0.3) is 0 Å². The SMILES string of the molecule is N/C(=N\C(=S)Nc1ccc(Cl)cc1)N1CCCC1. The van der Waals surface area contributed by atoms with E-state index in [9.17, 15) is 0 Å². The van der Waals surface area contributed by atoms with E-state index in [4.69, 9.17) is 29.6 Å². The molecule has 1 aliphatic heterocycles. The smallest absolute Gasteiger partial charge is 0.200 e. The second-order valence-electron chi connectivity index (χ2n) is 4.10. The van der Waals surface area contributed by atoms with Crippen LogP contribution in [0.5, 0.6) is 0 Å². The van der Waals surface area contributed by atoms with Crippen LogP contribution < -0.4 is 11.1 Å². The second-order valence-corrected chi connectivity index (χ2v) is 4.92. The van der Waals surface area contributed by atoms with Gasteiger partial charge < -0.3 is 16.0 Å². The molecular formula is C12H15ClN4S. The zero-order valence-corrected chi connectivity index (χ0v) is 11.5. The average molecular weight is 283 g/mol. The van der Waals surface area contributed by atoms with Gasteiger partial charge in [0.15, 0.2) is 5.96 Å². The predicted octanol–water partition coefficient (Wildman–Crippen LogP) is 2.45. The fraction of sp³-hybridized carbons (Fsp3) is 0.333. The molecule has 1 aromatic rings. The quantitative estimate of drug-likeness (QED) is 0.472. The summed E-state index contributed by atoms with van der Waals surface area (Å²) >= 11 is 10.9. The summed E-state index contributed by atoms with van der Waals surface area (Å²) in [6, 6.07) is 7.27. The maximum atomic E-state index is 5.88. The summed E-state index contributed by atoms with van der Waals surface area (Å²) in [6.45, 7) is 1.91. The van der Waals surface area contributed by atoms with Gasteiger partial charge in [0.05, 0.1) is 0 Å². The molecule has 6 heteroatoms. The third-order valence-electron chi connectivity index (χ3n) is 2.74. The fourth-order valence-corrected chi connectivity index (χ4v) is 2.14. The van der Waals surface area contributed by atoms with E-state index in [0.717, 1.165) is 31.6 Å². The molecular weight excluding hydrogens is 268 g/mol. The Labute approximate surface area is 117 Å². The van der Waals surface area contributed by atoms with Gasteiger partial charge in [0, 0.05) is 23.8 Å². The second kappa shape index (κ2) is 6.02. The number of guanidine groups is 1. The maximum absolute atomic E-state index is 5.88. The summed E-state index contributed by atoms with van der Waals surface area (Å²) in [5.41, 5.74) is 6.73. The third-order valence-corrected chi connectivity index (χ3v) is 3.19. The molecule has 0 atom stereocenters. The molecule has 18 heavy (non-hydrogen) atoms. The minimum atomic E-state index is 0.363. The standard InChI is InChI=1S/C12H15ClN4S/c13-9-3-5-10(6-4-9)15-12(18)16-11(14)17-7-1-2-8-17/h3-6H,1-2,7-8H2,(H3,14,15,16,18). The molecule has 0 aromatic heterocycles. The van der Waals surface area contributed by atoms with E-state index in [1.807, 2.05) is 17.0 Å². The Morgan fingerprint density at radius 1 is 1.28 bits per heavy atom. The summed E-state index contributed by atoms with van der Waals surface area (Å²) in [4.78, 5) is 6.22. The molecule has 1 saturated heterocycles. The minimum absolute atomic E-state index is 0.363. The molecule has 0 unspecified atom stereocenters. The van der Waals surface area contributed by atoms with Gasteiger partial charge in [0.1, 0.15) is 0 Å². The summed E-state index contributed by atoms with van der Waals surface area (Å²) in [5, 5.41) is 4.05. The van der Waals surface area contributed by atoms with E-state index in [1.165, 1.54) is 0 Å². The normalized spacial score (nSPS) is 15.8. The Kier molecular flexibility index (Phi) is 4.38. The van der Waals surface area contributed by atoms with Crippen LogP contribution in [0.15, 0.2) is 29.3 Å². The summed E-state index contributed by atoms with van der Waals surface area (Å²) in [6.07, 6.45) is 2.32. The van der Waals surface area contributed by atoms with Gasteiger partial charge in [0.2, 0.25) is 5.11 Å². The van der Waals surface area contributed by atoms with Crippen molar-refractivity contribution in [1.82, 2.24) is 4.90 Å². The van der Waals surface area contributed by atoms with Crippen LogP contribution in [0.4, 0.5) is 5.69 Å². The van der Waals surface area contributed by atoms with E-state index in [0.29, 0.717) is 16.1 Å². The molecule has 0 spiro atoms. The van der Waals surface area contributed by atoms with Gasteiger partial charge in [-0.3, -0.25) is 0 Å². The highest BCUT2D eigenvalue weighted by atomic mass is 35.5. The van der Waals surface area contributed by atoms with Crippen molar-refractivity contribution < 1.29 is 0 Å². The Bertz CT molecular complexity index is 452. The zero-order valence-electron chi connectivity index (χ0n) is 9.90. The summed E-state index contributed by atoms with van der Waals surface area (Å²) in [7, 11) is 0. The number of nitrogens with one attached hydrogen (secondary N) is 1. The van der Waals surface area contributed by atoms with Crippen LogP contribution in [-0.4, -0.2) is 29.1 Å². The molecule has 0 amide bonds. The average Bonchev–Trinajstić information content (AvgIpc) is 2.85. The fourth-order valence-electron chi connectivity index (χ4n) is 1.81. The Hall–Kier alpha value is -1.33. The van der Waals surface area contributed by atoms with E-state index in [1.54, 1.807) is 12.1 Å². The topological polar surface area (TPSA) is 53.6 Å². The van der Waals surface area contributed by atoms with E-state index < -0.39 is 0 Å². The number of nitrogens with zero attached hydrogens (tertiary/aromatic N) is 2. The molecule has 0 aliphatic carbocycles. The number of hydrogen-bond donors (Lipinski definition) is 2. The molecule has 0 bridgehead atoms. The van der Waals surface area contributed by atoms with Crippen molar-refractivity contribution in [3.63, 3.8) is 0 Å². The summed E-state index contributed by atoms with van der Waals surface area (Å²) < 4.78 is 0. The highest BCUT2D eigenvalue weighted by Gasteiger charge is 2.13. The molecule has 1 heterocycles. The van der Waals surface area contributed by atoms with Crippen LogP contribution in [0, 0.1) is 0 Å². The molecule has 96 valence electrons. The molecule has 2 rings (SSSR count). The molecule has 1 fully saturated rings. The number of aliphatic imine (C=N–C) groups is 1. The summed E-state index contributed by atoms with van der Waals surface area (Å²) in [5.74, 6) is 0.485. The van der Waals surface area contributed by atoms with Crippen LogP contribution >= 0.6 is 23.8 Å². The largest absolute Gasteiger partial charge is 0.369 e. The first-order chi connectivity index (χ1) is 8.65. The van der Waals surface area contributed by atoms with Crippen molar-refractivity contribution >= 4 is 40.6 Å². The number of hydrogen-bond acceptors (Lipinski definition) is 1. The molecule has 1 aliphatic rings. The van der Waals surface area contributed by atoms with Gasteiger partial charge in [-0.15, -0.1) is 0 Å². The number of likely N-dealkylation sites (tertiary alicyclic amines) is 1.